The Kier molecular flexibility index (Phi) is 8.61. The van der Waals surface area contributed by atoms with Gasteiger partial charge in [-0.2, -0.15) is 0 Å². The molecule has 2 heterocycles. The molecule has 4 rings (SSSR count). The monoisotopic (exact) mass is 517 g/mol. The van der Waals surface area contributed by atoms with Gasteiger partial charge in [0, 0.05) is 30.1 Å². The lowest BCUT2D eigenvalue weighted by molar-refractivity contribution is 0.0999. The van der Waals surface area contributed by atoms with E-state index in [2.05, 4.69) is 22.3 Å². The van der Waals surface area contributed by atoms with Crippen LogP contribution in [0.5, 0.6) is 17.2 Å². The van der Waals surface area contributed by atoms with Crippen molar-refractivity contribution in [2.45, 2.75) is 19.5 Å². The van der Waals surface area contributed by atoms with Crippen molar-refractivity contribution in [2.24, 2.45) is 5.73 Å². The zero-order valence-corrected chi connectivity index (χ0v) is 21.4. The number of primary amides is 1. The standard InChI is InChI=1S/C25H27N3O5S.ClH/c1-31-18-11-16(12-19(32-2)22(18)33-3)24(30)27-25-21(23(26)29)17-9-10-28(14-20(17)34-25)13-15-7-5-4-6-8-15;/h4-8,11-12H,9-10,13-14H2,1-3H3,(H2,26,29)(H,27,30);1H. The van der Waals surface area contributed by atoms with Crippen LogP contribution in [-0.4, -0.2) is 44.6 Å². The van der Waals surface area contributed by atoms with E-state index < -0.39 is 11.8 Å². The quantitative estimate of drug-likeness (QED) is 0.466. The number of carbonyl (C=O) groups excluding carboxylic acids is 2. The molecule has 10 heteroatoms. The Balaban J connectivity index is 0.00000342. The Morgan fingerprint density at radius 2 is 1.71 bits per heavy atom. The largest absolute Gasteiger partial charge is 0.493 e. The summed E-state index contributed by atoms with van der Waals surface area (Å²) in [5, 5.41) is 3.33. The molecular weight excluding hydrogens is 490 g/mol. The predicted molar refractivity (Wildman–Crippen MR) is 138 cm³/mol. The molecule has 0 radical (unpaired) electrons. The van der Waals surface area contributed by atoms with E-state index in [-0.39, 0.29) is 12.4 Å². The van der Waals surface area contributed by atoms with E-state index in [9.17, 15) is 9.59 Å². The maximum Gasteiger partial charge on any atom is 0.256 e. The van der Waals surface area contributed by atoms with Crippen molar-refractivity contribution in [2.75, 3.05) is 33.2 Å². The second kappa shape index (κ2) is 11.4. The molecule has 0 saturated heterocycles. The number of nitrogens with zero attached hydrogens (tertiary/aromatic N) is 1. The third-order valence-electron chi connectivity index (χ3n) is 5.79. The van der Waals surface area contributed by atoms with Gasteiger partial charge in [0.1, 0.15) is 5.00 Å². The minimum absolute atomic E-state index is 0. The molecule has 0 bridgehead atoms. The Morgan fingerprint density at radius 3 is 2.29 bits per heavy atom. The number of halogens is 1. The molecule has 0 spiro atoms. The van der Waals surface area contributed by atoms with Gasteiger partial charge in [0.2, 0.25) is 5.75 Å². The number of fused-ring (bicyclic) bond motifs is 1. The molecule has 0 fully saturated rings. The molecule has 8 nitrogen and oxygen atoms in total. The highest BCUT2D eigenvalue weighted by Crippen LogP contribution is 2.40. The number of hydrogen-bond acceptors (Lipinski definition) is 7. The number of amides is 2. The van der Waals surface area contributed by atoms with Gasteiger partial charge in [-0.15, -0.1) is 23.7 Å². The van der Waals surface area contributed by atoms with Gasteiger partial charge in [-0.25, -0.2) is 0 Å². The molecule has 2 amide bonds. The molecule has 0 aliphatic carbocycles. The normalized spacial score (nSPS) is 12.8. The van der Waals surface area contributed by atoms with Crippen molar-refractivity contribution in [3.8, 4) is 17.2 Å². The van der Waals surface area contributed by atoms with Crippen molar-refractivity contribution in [3.63, 3.8) is 0 Å². The SMILES string of the molecule is COc1cc(C(=O)Nc2sc3c(c2C(N)=O)CCN(Cc2ccccc2)C3)cc(OC)c1OC.Cl. The highest BCUT2D eigenvalue weighted by molar-refractivity contribution is 7.17. The summed E-state index contributed by atoms with van der Waals surface area (Å²) in [7, 11) is 4.47. The van der Waals surface area contributed by atoms with Gasteiger partial charge in [-0.1, -0.05) is 30.3 Å². The molecular formula is C25H28ClN3O5S. The van der Waals surface area contributed by atoms with E-state index in [1.165, 1.54) is 38.2 Å². The number of benzene rings is 2. The number of methoxy groups -OCH3 is 3. The molecule has 2 aromatic carbocycles. The number of nitrogens with two attached hydrogens (primary N) is 1. The van der Waals surface area contributed by atoms with Crippen LogP contribution in [0.2, 0.25) is 0 Å². The minimum Gasteiger partial charge on any atom is -0.493 e. The fourth-order valence-corrected chi connectivity index (χ4v) is 5.46. The average molecular weight is 518 g/mol. The van der Waals surface area contributed by atoms with Crippen LogP contribution < -0.4 is 25.3 Å². The minimum atomic E-state index is -0.547. The average Bonchev–Trinajstić information content (AvgIpc) is 3.20. The topological polar surface area (TPSA) is 103 Å². The third-order valence-corrected chi connectivity index (χ3v) is 6.92. The first-order valence-corrected chi connectivity index (χ1v) is 11.6. The van der Waals surface area contributed by atoms with Crippen LogP contribution in [-0.2, 0) is 19.5 Å². The summed E-state index contributed by atoms with van der Waals surface area (Å²) in [5.41, 5.74) is 8.58. The molecule has 0 atom stereocenters. The van der Waals surface area contributed by atoms with Crippen LogP contribution in [0.15, 0.2) is 42.5 Å². The van der Waals surface area contributed by atoms with Crippen molar-refractivity contribution in [3.05, 3.63) is 69.6 Å². The zero-order valence-electron chi connectivity index (χ0n) is 19.8. The van der Waals surface area contributed by atoms with E-state index in [1.54, 1.807) is 12.1 Å². The maximum absolute atomic E-state index is 13.1. The van der Waals surface area contributed by atoms with Gasteiger partial charge in [-0.3, -0.25) is 14.5 Å². The first kappa shape index (κ1) is 26.3. The van der Waals surface area contributed by atoms with Gasteiger partial charge < -0.3 is 25.3 Å². The number of rotatable bonds is 8. The second-order valence-electron chi connectivity index (χ2n) is 7.89. The summed E-state index contributed by atoms with van der Waals surface area (Å²) in [6.07, 6.45) is 0.691. The highest BCUT2D eigenvalue weighted by atomic mass is 35.5. The lowest BCUT2D eigenvalue weighted by Gasteiger charge is -2.27. The van der Waals surface area contributed by atoms with Crippen LogP contribution in [0, 0.1) is 0 Å². The van der Waals surface area contributed by atoms with Gasteiger partial charge in [0.05, 0.1) is 26.9 Å². The van der Waals surface area contributed by atoms with Crippen LogP contribution in [0.4, 0.5) is 5.00 Å². The summed E-state index contributed by atoms with van der Waals surface area (Å²) in [4.78, 5) is 28.8. The Bertz CT molecular complexity index is 1190. The summed E-state index contributed by atoms with van der Waals surface area (Å²) >= 11 is 1.39. The summed E-state index contributed by atoms with van der Waals surface area (Å²) in [6.45, 7) is 2.31. The molecule has 1 aliphatic heterocycles. The predicted octanol–water partition coefficient (Wildman–Crippen LogP) is 4.11. The van der Waals surface area contributed by atoms with Gasteiger partial charge in [-0.05, 0) is 29.7 Å². The van der Waals surface area contributed by atoms with Gasteiger partial charge in [0.15, 0.2) is 11.5 Å². The Labute approximate surface area is 214 Å². The van der Waals surface area contributed by atoms with Crippen molar-refractivity contribution in [1.29, 1.82) is 0 Å². The molecule has 186 valence electrons. The van der Waals surface area contributed by atoms with E-state index in [4.69, 9.17) is 19.9 Å². The number of thiophene rings is 1. The molecule has 35 heavy (non-hydrogen) atoms. The third kappa shape index (κ3) is 5.53. The summed E-state index contributed by atoms with van der Waals surface area (Å²) in [6, 6.07) is 13.4. The van der Waals surface area contributed by atoms with Crippen LogP contribution in [0.1, 0.15) is 36.7 Å². The number of carbonyl (C=O) groups is 2. The first-order valence-electron chi connectivity index (χ1n) is 10.8. The molecule has 3 aromatic rings. The van der Waals surface area contributed by atoms with Crippen molar-refractivity contribution >= 4 is 40.6 Å². The van der Waals surface area contributed by atoms with Crippen molar-refractivity contribution < 1.29 is 23.8 Å². The van der Waals surface area contributed by atoms with Crippen LogP contribution in [0.25, 0.3) is 0 Å². The van der Waals surface area contributed by atoms with E-state index in [0.717, 1.165) is 23.5 Å². The second-order valence-corrected chi connectivity index (χ2v) is 8.99. The van der Waals surface area contributed by atoms with Gasteiger partial charge in [0.25, 0.3) is 11.8 Å². The molecule has 0 saturated carbocycles. The number of hydrogen-bond donors (Lipinski definition) is 2. The lowest BCUT2D eigenvalue weighted by atomic mass is 10.0. The molecule has 0 unspecified atom stereocenters. The summed E-state index contributed by atoms with van der Waals surface area (Å²) in [5.74, 6) is 0.175. The zero-order chi connectivity index (χ0) is 24.2. The lowest BCUT2D eigenvalue weighted by Crippen LogP contribution is -2.30. The van der Waals surface area contributed by atoms with E-state index >= 15 is 0 Å². The number of nitrogens with one attached hydrogen (secondary N) is 1. The smallest absolute Gasteiger partial charge is 0.256 e. The Hall–Kier alpha value is -3.27. The summed E-state index contributed by atoms with van der Waals surface area (Å²) < 4.78 is 16.0. The molecule has 3 N–H and O–H groups in total. The van der Waals surface area contributed by atoms with Crippen LogP contribution >= 0.6 is 23.7 Å². The number of anilines is 1. The van der Waals surface area contributed by atoms with Crippen LogP contribution in [0.3, 0.4) is 0 Å². The van der Waals surface area contributed by atoms with E-state index in [1.807, 2.05) is 18.2 Å². The van der Waals surface area contributed by atoms with Gasteiger partial charge >= 0.3 is 0 Å². The highest BCUT2D eigenvalue weighted by Gasteiger charge is 2.28. The fourth-order valence-electron chi connectivity index (χ4n) is 4.17. The van der Waals surface area contributed by atoms with E-state index in [0.29, 0.717) is 46.3 Å². The molecule has 1 aliphatic rings. The Morgan fingerprint density at radius 1 is 1.06 bits per heavy atom. The fraction of sp³-hybridized carbons (Fsp3) is 0.280. The first-order chi connectivity index (χ1) is 16.4. The van der Waals surface area contributed by atoms with Crippen molar-refractivity contribution in [1.82, 2.24) is 4.90 Å². The number of ether oxygens (including phenoxy) is 3. The maximum atomic E-state index is 13.1. The molecule has 1 aromatic heterocycles.